The number of H-pyrrole nitrogens is 1. The molecule has 0 bridgehead atoms. The fourth-order valence-corrected chi connectivity index (χ4v) is 3.29. The molecule has 1 saturated heterocycles. The number of nitrogens with one attached hydrogen (secondary N) is 1. The largest absolute Gasteiger partial charge is 0.345 e. The molecule has 0 spiro atoms. The van der Waals surface area contributed by atoms with Crippen LogP contribution in [0.2, 0.25) is 0 Å². The van der Waals surface area contributed by atoms with Crippen LogP contribution in [0, 0.1) is 5.92 Å². The number of anilines is 1. The summed E-state index contributed by atoms with van der Waals surface area (Å²) < 4.78 is 0. The number of aromatic nitrogens is 2. The van der Waals surface area contributed by atoms with Crippen molar-refractivity contribution < 1.29 is 9.59 Å². The lowest BCUT2D eigenvalue weighted by Crippen LogP contribution is -2.35. The Morgan fingerprint density at radius 2 is 2.08 bits per heavy atom. The molecule has 0 radical (unpaired) electrons. The van der Waals surface area contributed by atoms with Gasteiger partial charge in [0.1, 0.15) is 0 Å². The Hall–Kier alpha value is -2.63. The highest BCUT2D eigenvalue weighted by Crippen LogP contribution is 2.27. The second kappa shape index (κ2) is 7.72. The van der Waals surface area contributed by atoms with Crippen molar-refractivity contribution in [1.29, 1.82) is 0 Å². The third-order valence-electron chi connectivity index (χ3n) is 5.01. The number of aromatic amines is 1. The molecule has 1 aromatic carbocycles. The number of nitrogens with zero attached hydrogens (tertiary/aromatic N) is 3. The summed E-state index contributed by atoms with van der Waals surface area (Å²) in [5.74, 6) is 0.227. The molecule has 2 amide bonds. The minimum absolute atomic E-state index is 0.0175. The average Bonchev–Trinajstić information content (AvgIpc) is 3.28. The van der Waals surface area contributed by atoms with E-state index in [0.29, 0.717) is 19.0 Å². The standard InChI is InChI=1S/C20H26N4O2/c1-14(2)16-4-6-18(7-5-16)24-13-17(10-19(24)25)20(26)23(3)9-8-15-11-21-22-12-15/h4-7,11-12,14,17H,8-10,13H2,1-3H3,(H,21,22). The molecule has 138 valence electrons. The summed E-state index contributed by atoms with van der Waals surface area (Å²) in [6.45, 7) is 5.36. The summed E-state index contributed by atoms with van der Waals surface area (Å²) in [5.41, 5.74) is 3.18. The van der Waals surface area contributed by atoms with Crippen molar-refractivity contribution in [2.75, 3.05) is 25.0 Å². The van der Waals surface area contributed by atoms with Crippen molar-refractivity contribution in [3.63, 3.8) is 0 Å². The van der Waals surface area contributed by atoms with E-state index in [2.05, 4.69) is 36.2 Å². The maximum absolute atomic E-state index is 12.7. The van der Waals surface area contributed by atoms with E-state index in [0.717, 1.165) is 17.7 Å². The zero-order valence-corrected chi connectivity index (χ0v) is 15.6. The number of carbonyl (C=O) groups excluding carboxylic acids is 2. The Morgan fingerprint density at radius 1 is 1.35 bits per heavy atom. The van der Waals surface area contributed by atoms with Crippen LogP contribution in [-0.4, -0.2) is 47.0 Å². The zero-order chi connectivity index (χ0) is 18.7. The molecule has 1 aromatic heterocycles. The van der Waals surface area contributed by atoms with Crippen LogP contribution in [0.1, 0.15) is 37.3 Å². The number of amides is 2. The van der Waals surface area contributed by atoms with Crippen LogP contribution in [0.25, 0.3) is 0 Å². The molecule has 1 aliphatic heterocycles. The summed E-state index contributed by atoms with van der Waals surface area (Å²) in [7, 11) is 1.80. The van der Waals surface area contributed by atoms with E-state index in [9.17, 15) is 9.59 Å². The van der Waals surface area contributed by atoms with E-state index in [1.165, 1.54) is 5.56 Å². The fraction of sp³-hybridized carbons (Fsp3) is 0.450. The van der Waals surface area contributed by atoms with Gasteiger partial charge >= 0.3 is 0 Å². The summed E-state index contributed by atoms with van der Waals surface area (Å²) in [6, 6.07) is 8.06. The van der Waals surface area contributed by atoms with Gasteiger partial charge in [0.25, 0.3) is 0 Å². The number of hydrogen-bond donors (Lipinski definition) is 1. The third kappa shape index (κ3) is 3.95. The normalized spacial score (nSPS) is 17.2. The highest BCUT2D eigenvalue weighted by molar-refractivity contribution is 6.00. The zero-order valence-electron chi connectivity index (χ0n) is 15.6. The maximum Gasteiger partial charge on any atom is 0.227 e. The Balaban J connectivity index is 1.60. The van der Waals surface area contributed by atoms with Crippen LogP contribution in [0.15, 0.2) is 36.7 Å². The summed E-state index contributed by atoms with van der Waals surface area (Å²) in [6.07, 6.45) is 4.63. The molecule has 1 atom stereocenters. The second-order valence-electron chi connectivity index (χ2n) is 7.27. The smallest absolute Gasteiger partial charge is 0.227 e. The van der Waals surface area contributed by atoms with Crippen molar-refractivity contribution in [2.45, 2.75) is 32.6 Å². The van der Waals surface area contributed by atoms with E-state index < -0.39 is 0 Å². The number of benzene rings is 1. The molecule has 26 heavy (non-hydrogen) atoms. The van der Waals surface area contributed by atoms with Crippen LogP contribution in [-0.2, 0) is 16.0 Å². The molecule has 6 heteroatoms. The predicted octanol–water partition coefficient (Wildman–Crippen LogP) is 2.59. The lowest BCUT2D eigenvalue weighted by molar-refractivity contribution is -0.134. The quantitative estimate of drug-likeness (QED) is 0.867. The first-order chi connectivity index (χ1) is 12.5. The van der Waals surface area contributed by atoms with E-state index in [1.54, 1.807) is 23.0 Å². The van der Waals surface area contributed by atoms with Crippen LogP contribution >= 0.6 is 0 Å². The summed E-state index contributed by atoms with van der Waals surface area (Å²) in [5, 5.41) is 6.69. The number of rotatable bonds is 6. The lowest BCUT2D eigenvalue weighted by atomic mass is 10.0. The fourth-order valence-electron chi connectivity index (χ4n) is 3.29. The Bertz CT molecular complexity index is 753. The van der Waals surface area contributed by atoms with E-state index in [4.69, 9.17) is 0 Å². The summed E-state index contributed by atoms with van der Waals surface area (Å²) in [4.78, 5) is 28.6. The first kappa shape index (κ1) is 18.2. The van der Waals surface area contributed by atoms with Crippen molar-refractivity contribution in [3.8, 4) is 0 Å². The molecule has 3 rings (SSSR count). The van der Waals surface area contributed by atoms with Crippen LogP contribution in [0.5, 0.6) is 0 Å². The Kier molecular flexibility index (Phi) is 5.40. The topological polar surface area (TPSA) is 69.3 Å². The van der Waals surface area contributed by atoms with Gasteiger partial charge in [-0.1, -0.05) is 26.0 Å². The first-order valence-corrected chi connectivity index (χ1v) is 9.08. The minimum atomic E-state index is -0.276. The number of carbonyl (C=O) groups is 2. The van der Waals surface area contributed by atoms with E-state index in [1.807, 2.05) is 18.3 Å². The molecule has 1 N–H and O–H groups in total. The molecular formula is C20H26N4O2. The SMILES string of the molecule is CC(C)c1ccc(N2CC(C(=O)N(C)CCc3cn[nH]c3)CC2=O)cc1. The lowest BCUT2D eigenvalue weighted by Gasteiger charge is -2.21. The Labute approximate surface area is 154 Å². The van der Waals surface area contributed by atoms with E-state index in [-0.39, 0.29) is 24.2 Å². The van der Waals surface area contributed by atoms with Crippen molar-refractivity contribution in [1.82, 2.24) is 15.1 Å². The highest BCUT2D eigenvalue weighted by atomic mass is 16.2. The van der Waals surface area contributed by atoms with Crippen LogP contribution < -0.4 is 4.90 Å². The third-order valence-corrected chi connectivity index (χ3v) is 5.01. The van der Waals surface area contributed by atoms with Gasteiger partial charge in [0.2, 0.25) is 11.8 Å². The van der Waals surface area contributed by atoms with Crippen molar-refractivity contribution in [2.24, 2.45) is 5.92 Å². The molecule has 1 unspecified atom stereocenters. The van der Waals surface area contributed by atoms with Crippen LogP contribution in [0.3, 0.4) is 0 Å². The molecule has 0 saturated carbocycles. The number of likely N-dealkylation sites (N-methyl/N-ethyl adjacent to an activating group) is 1. The van der Waals surface area contributed by atoms with Gasteiger partial charge < -0.3 is 9.80 Å². The van der Waals surface area contributed by atoms with Gasteiger partial charge in [-0.05, 0) is 35.6 Å². The van der Waals surface area contributed by atoms with Gasteiger partial charge in [-0.2, -0.15) is 5.10 Å². The Morgan fingerprint density at radius 3 is 2.69 bits per heavy atom. The van der Waals surface area contributed by atoms with E-state index >= 15 is 0 Å². The molecule has 0 aliphatic carbocycles. The number of hydrogen-bond acceptors (Lipinski definition) is 3. The molecule has 6 nitrogen and oxygen atoms in total. The second-order valence-corrected chi connectivity index (χ2v) is 7.27. The van der Waals surface area contributed by atoms with Gasteiger partial charge in [0.05, 0.1) is 12.1 Å². The van der Waals surface area contributed by atoms with Gasteiger partial charge in [-0.15, -0.1) is 0 Å². The predicted molar refractivity (Wildman–Crippen MR) is 101 cm³/mol. The van der Waals surface area contributed by atoms with Gasteiger partial charge in [0.15, 0.2) is 0 Å². The minimum Gasteiger partial charge on any atom is -0.345 e. The van der Waals surface area contributed by atoms with Crippen LogP contribution in [0.4, 0.5) is 5.69 Å². The highest BCUT2D eigenvalue weighted by Gasteiger charge is 2.36. The monoisotopic (exact) mass is 354 g/mol. The molecular weight excluding hydrogens is 328 g/mol. The van der Waals surface area contributed by atoms with Gasteiger partial charge in [-0.25, -0.2) is 0 Å². The first-order valence-electron chi connectivity index (χ1n) is 9.08. The maximum atomic E-state index is 12.7. The molecule has 2 heterocycles. The molecule has 1 aliphatic rings. The average molecular weight is 354 g/mol. The van der Waals surface area contributed by atoms with Crippen molar-refractivity contribution in [3.05, 3.63) is 47.8 Å². The van der Waals surface area contributed by atoms with Crippen molar-refractivity contribution >= 4 is 17.5 Å². The molecule has 1 fully saturated rings. The molecule has 2 aromatic rings. The summed E-state index contributed by atoms with van der Waals surface area (Å²) >= 11 is 0. The van der Waals surface area contributed by atoms with Gasteiger partial charge in [-0.3, -0.25) is 14.7 Å². The van der Waals surface area contributed by atoms with Gasteiger partial charge in [0, 0.05) is 38.4 Å².